The van der Waals surface area contributed by atoms with Crippen molar-refractivity contribution in [3.05, 3.63) is 52.0 Å². The minimum Gasteiger partial charge on any atom is -0.375 e. The number of nitrogens with one attached hydrogen (secondary N) is 2. The van der Waals surface area contributed by atoms with Gasteiger partial charge in [0.05, 0.1) is 23.9 Å². The van der Waals surface area contributed by atoms with Gasteiger partial charge < -0.3 is 15.4 Å². The number of rotatable bonds is 11. The highest BCUT2D eigenvalue weighted by Crippen LogP contribution is 2.20. The van der Waals surface area contributed by atoms with Crippen LogP contribution in [0.15, 0.2) is 40.7 Å². The van der Waals surface area contributed by atoms with Crippen molar-refractivity contribution >= 4 is 41.3 Å². The fraction of sp³-hybridized carbons (Fsp3) is 0.583. The fourth-order valence-electron chi connectivity index (χ4n) is 3.71. The van der Waals surface area contributed by atoms with Crippen molar-refractivity contribution in [1.29, 1.82) is 0 Å². The van der Waals surface area contributed by atoms with Gasteiger partial charge in [0.15, 0.2) is 5.96 Å². The number of nitrogens with zero attached hydrogens (tertiary/aromatic N) is 3. The molecule has 0 bridgehead atoms. The Bertz CT molecular complexity index is 778. The zero-order valence-electron chi connectivity index (χ0n) is 19.4. The summed E-state index contributed by atoms with van der Waals surface area (Å²) in [5, 5.41) is 10.2. The fourth-order valence-corrected chi connectivity index (χ4v) is 4.44. The van der Waals surface area contributed by atoms with E-state index in [-0.39, 0.29) is 24.0 Å². The Balaban J connectivity index is 0.00000363. The predicted molar refractivity (Wildman–Crippen MR) is 145 cm³/mol. The van der Waals surface area contributed by atoms with Crippen LogP contribution >= 0.6 is 35.3 Å². The van der Waals surface area contributed by atoms with Crippen LogP contribution in [0.4, 0.5) is 0 Å². The first-order chi connectivity index (χ1) is 15.3. The number of piperidine rings is 1. The molecule has 32 heavy (non-hydrogen) atoms. The Morgan fingerprint density at radius 1 is 1.19 bits per heavy atom. The number of hydrogen-bond acceptors (Lipinski definition) is 5. The topological polar surface area (TPSA) is 61.8 Å². The summed E-state index contributed by atoms with van der Waals surface area (Å²) < 4.78 is 5.76. The van der Waals surface area contributed by atoms with E-state index in [1.54, 1.807) is 11.3 Å². The van der Waals surface area contributed by atoms with Crippen molar-refractivity contribution < 1.29 is 4.74 Å². The Morgan fingerprint density at radius 2 is 1.97 bits per heavy atom. The zero-order chi connectivity index (χ0) is 21.7. The van der Waals surface area contributed by atoms with Crippen molar-refractivity contribution in [2.45, 2.75) is 46.3 Å². The highest BCUT2D eigenvalue weighted by molar-refractivity contribution is 14.0. The summed E-state index contributed by atoms with van der Waals surface area (Å²) >= 11 is 1.78. The third-order valence-corrected chi connectivity index (χ3v) is 6.54. The molecule has 178 valence electrons. The average molecular weight is 572 g/mol. The van der Waals surface area contributed by atoms with Crippen molar-refractivity contribution in [1.82, 2.24) is 20.5 Å². The highest BCUT2D eigenvalue weighted by Gasteiger charge is 2.20. The van der Waals surface area contributed by atoms with Gasteiger partial charge >= 0.3 is 0 Å². The van der Waals surface area contributed by atoms with E-state index >= 15 is 0 Å². The van der Waals surface area contributed by atoms with Crippen LogP contribution in [-0.4, -0.2) is 55.2 Å². The summed E-state index contributed by atoms with van der Waals surface area (Å²) in [7, 11) is 0. The van der Waals surface area contributed by atoms with Gasteiger partial charge in [-0.3, -0.25) is 9.89 Å². The number of ether oxygens (including phenoxy) is 1. The van der Waals surface area contributed by atoms with Crippen LogP contribution < -0.4 is 10.6 Å². The molecule has 8 heteroatoms. The third-order valence-electron chi connectivity index (χ3n) is 5.50. The summed E-state index contributed by atoms with van der Waals surface area (Å²) in [6, 6.07) is 10.3. The highest BCUT2D eigenvalue weighted by atomic mass is 127. The second-order valence-electron chi connectivity index (χ2n) is 7.99. The number of benzene rings is 1. The molecule has 1 saturated heterocycles. The maximum atomic E-state index is 5.76. The minimum atomic E-state index is 0. The maximum Gasteiger partial charge on any atom is 0.191 e. The quantitative estimate of drug-likeness (QED) is 0.182. The Morgan fingerprint density at radius 3 is 2.66 bits per heavy atom. The second kappa shape index (κ2) is 15.6. The molecule has 1 aromatic carbocycles. The SMILES string of the molecule is CCNC(=NCC1CCN(Cc2csc(CC)n2)CC1)NCCOCc1ccccc1.I. The number of likely N-dealkylation sites (tertiary alicyclic amines) is 1. The molecule has 0 saturated carbocycles. The van der Waals surface area contributed by atoms with Crippen LogP contribution in [0, 0.1) is 5.92 Å². The monoisotopic (exact) mass is 571 g/mol. The van der Waals surface area contributed by atoms with Crippen LogP contribution in [-0.2, 0) is 24.3 Å². The van der Waals surface area contributed by atoms with Gasteiger partial charge in [0, 0.05) is 31.6 Å². The first kappa shape index (κ1) is 27.0. The summed E-state index contributed by atoms with van der Waals surface area (Å²) in [4.78, 5) is 12.1. The van der Waals surface area contributed by atoms with Gasteiger partial charge in [0.2, 0.25) is 0 Å². The van der Waals surface area contributed by atoms with Crippen LogP contribution in [0.2, 0.25) is 0 Å². The molecule has 1 aliphatic heterocycles. The Hall–Kier alpha value is -1.23. The molecule has 3 rings (SSSR count). The number of hydrogen-bond donors (Lipinski definition) is 2. The largest absolute Gasteiger partial charge is 0.375 e. The number of halogens is 1. The van der Waals surface area contributed by atoms with Crippen molar-refractivity contribution in [2.24, 2.45) is 10.9 Å². The molecule has 6 nitrogen and oxygen atoms in total. The van der Waals surface area contributed by atoms with E-state index in [1.165, 1.54) is 29.1 Å². The lowest BCUT2D eigenvalue weighted by molar-refractivity contribution is 0.125. The van der Waals surface area contributed by atoms with Gasteiger partial charge in [-0.2, -0.15) is 0 Å². The molecule has 0 amide bonds. The molecule has 2 heterocycles. The van der Waals surface area contributed by atoms with E-state index in [0.29, 0.717) is 19.1 Å². The Labute approximate surface area is 214 Å². The molecule has 0 radical (unpaired) electrons. The van der Waals surface area contributed by atoms with E-state index in [4.69, 9.17) is 14.7 Å². The van der Waals surface area contributed by atoms with Gasteiger partial charge in [-0.15, -0.1) is 35.3 Å². The van der Waals surface area contributed by atoms with Gasteiger partial charge in [0.1, 0.15) is 0 Å². The predicted octanol–water partition coefficient (Wildman–Crippen LogP) is 4.31. The smallest absolute Gasteiger partial charge is 0.191 e. The number of aromatic nitrogens is 1. The van der Waals surface area contributed by atoms with Gasteiger partial charge in [0.25, 0.3) is 0 Å². The first-order valence-electron chi connectivity index (χ1n) is 11.6. The van der Waals surface area contributed by atoms with Crippen LogP contribution in [0.5, 0.6) is 0 Å². The van der Waals surface area contributed by atoms with Gasteiger partial charge in [-0.25, -0.2) is 4.98 Å². The molecular formula is C24H38IN5OS. The first-order valence-corrected chi connectivity index (χ1v) is 12.4. The standard InChI is InChI=1S/C24H37N5OS.HI/c1-3-23-28-22(19-31-23)17-29-13-10-20(11-14-29)16-27-24(25-4-2)26-12-15-30-18-21-8-6-5-7-9-21;/h5-9,19-20H,3-4,10-18H2,1-2H3,(H2,25,26,27);1H. The molecule has 0 spiro atoms. The number of aryl methyl sites for hydroxylation is 1. The van der Waals surface area contributed by atoms with Gasteiger partial charge in [-0.05, 0) is 50.8 Å². The minimum absolute atomic E-state index is 0. The van der Waals surface area contributed by atoms with Crippen molar-refractivity contribution in [2.75, 3.05) is 39.3 Å². The van der Waals surface area contributed by atoms with E-state index in [0.717, 1.165) is 51.6 Å². The summed E-state index contributed by atoms with van der Waals surface area (Å²) in [6.45, 7) is 11.3. The van der Waals surface area contributed by atoms with E-state index in [9.17, 15) is 0 Å². The lowest BCUT2D eigenvalue weighted by Crippen LogP contribution is -2.40. The third kappa shape index (κ3) is 9.72. The maximum absolute atomic E-state index is 5.76. The second-order valence-corrected chi connectivity index (χ2v) is 8.93. The van der Waals surface area contributed by atoms with E-state index in [2.05, 4.69) is 46.9 Å². The Kier molecular flexibility index (Phi) is 13.2. The van der Waals surface area contributed by atoms with E-state index < -0.39 is 0 Å². The molecule has 1 aromatic heterocycles. The van der Waals surface area contributed by atoms with Crippen LogP contribution in [0.1, 0.15) is 43.0 Å². The normalized spacial score (nSPS) is 15.4. The molecule has 1 aliphatic rings. The summed E-state index contributed by atoms with van der Waals surface area (Å²) in [6.07, 6.45) is 3.44. The lowest BCUT2D eigenvalue weighted by Gasteiger charge is -2.30. The molecule has 0 atom stereocenters. The molecule has 0 unspecified atom stereocenters. The lowest BCUT2D eigenvalue weighted by atomic mass is 9.97. The number of thiazole rings is 1. The number of aliphatic imine (C=N–C) groups is 1. The molecule has 0 aliphatic carbocycles. The van der Waals surface area contributed by atoms with Crippen LogP contribution in [0.25, 0.3) is 0 Å². The van der Waals surface area contributed by atoms with Gasteiger partial charge in [-0.1, -0.05) is 37.3 Å². The van der Waals surface area contributed by atoms with Crippen LogP contribution in [0.3, 0.4) is 0 Å². The molecule has 2 aromatic rings. The molecule has 1 fully saturated rings. The summed E-state index contributed by atoms with van der Waals surface area (Å²) in [5.41, 5.74) is 2.43. The molecular weight excluding hydrogens is 533 g/mol. The van der Waals surface area contributed by atoms with Crippen molar-refractivity contribution in [3.63, 3.8) is 0 Å². The van der Waals surface area contributed by atoms with Crippen molar-refractivity contribution in [3.8, 4) is 0 Å². The zero-order valence-corrected chi connectivity index (χ0v) is 22.5. The number of guanidine groups is 1. The summed E-state index contributed by atoms with van der Waals surface area (Å²) in [5.74, 6) is 1.55. The van der Waals surface area contributed by atoms with E-state index in [1.807, 2.05) is 18.2 Å². The molecule has 2 N–H and O–H groups in total. The average Bonchev–Trinajstić information content (AvgIpc) is 3.26.